The van der Waals surface area contributed by atoms with Gasteiger partial charge in [-0.1, -0.05) is 46.8 Å². The lowest BCUT2D eigenvalue weighted by Gasteiger charge is -2.42. The second-order valence-corrected chi connectivity index (χ2v) is 16.4. The van der Waals surface area contributed by atoms with Crippen LogP contribution in [0.15, 0.2) is 23.3 Å². The summed E-state index contributed by atoms with van der Waals surface area (Å²) in [6.07, 6.45) is 6.01. The lowest BCUT2D eigenvalue weighted by molar-refractivity contribution is -0.160. The second kappa shape index (κ2) is 8.52. The summed E-state index contributed by atoms with van der Waals surface area (Å²) in [5.74, 6) is -0.374. The molecule has 3 rings (SSSR count). The van der Waals surface area contributed by atoms with Gasteiger partial charge in [-0.25, -0.2) is 0 Å². The van der Waals surface area contributed by atoms with Crippen LogP contribution in [0.3, 0.4) is 0 Å². The first-order valence-corrected chi connectivity index (χ1v) is 15.2. The van der Waals surface area contributed by atoms with Crippen molar-refractivity contribution in [2.24, 2.45) is 16.7 Å². The first kappa shape index (κ1) is 25.4. The van der Waals surface area contributed by atoms with Crippen LogP contribution < -0.4 is 0 Å². The Labute approximate surface area is 194 Å². The number of esters is 1. The zero-order chi connectivity index (χ0) is 24.1. The first-order chi connectivity index (χ1) is 14.8. The highest BCUT2D eigenvalue weighted by molar-refractivity contribution is 6.74. The minimum absolute atomic E-state index is 0.00892. The van der Waals surface area contributed by atoms with E-state index in [-0.39, 0.29) is 29.5 Å². The van der Waals surface area contributed by atoms with E-state index in [0.29, 0.717) is 18.4 Å². The molecule has 1 N–H and O–H groups in total. The quantitative estimate of drug-likeness (QED) is 0.441. The van der Waals surface area contributed by atoms with Crippen molar-refractivity contribution in [1.82, 2.24) is 0 Å². The van der Waals surface area contributed by atoms with Crippen LogP contribution in [-0.4, -0.2) is 44.0 Å². The Bertz CT molecular complexity index is 836. The van der Waals surface area contributed by atoms with E-state index in [1.54, 1.807) is 13.0 Å². The number of hydrogen-bond donors (Lipinski definition) is 1. The molecule has 5 nitrogen and oxygen atoms in total. The van der Waals surface area contributed by atoms with Gasteiger partial charge in [-0.3, -0.25) is 9.59 Å². The maximum Gasteiger partial charge on any atom is 0.319 e. The number of aliphatic hydroxyl groups excluding tert-OH is 1. The third-order valence-electron chi connectivity index (χ3n) is 8.89. The van der Waals surface area contributed by atoms with Crippen LogP contribution in [0.5, 0.6) is 0 Å². The molecular formula is C26H42O5Si. The van der Waals surface area contributed by atoms with Crippen LogP contribution in [0.1, 0.15) is 73.6 Å². The van der Waals surface area contributed by atoms with E-state index in [0.717, 1.165) is 24.8 Å². The fourth-order valence-corrected chi connectivity index (χ4v) is 7.17. The van der Waals surface area contributed by atoms with Crippen molar-refractivity contribution >= 4 is 20.1 Å². The van der Waals surface area contributed by atoms with E-state index < -0.39 is 31.2 Å². The number of hydrogen-bond acceptors (Lipinski definition) is 5. The van der Waals surface area contributed by atoms with E-state index in [1.807, 2.05) is 13.0 Å². The molecule has 3 aliphatic rings. The van der Waals surface area contributed by atoms with Gasteiger partial charge in [0.2, 0.25) is 0 Å². The number of Topliss-reactive ketones (excluding diaryl/α,β-unsaturated/α-hetero) is 1. The fraction of sp³-hybridized carbons (Fsp3) is 0.769. The van der Waals surface area contributed by atoms with Gasteiger partial charge in [0.15, 0.2) is 14.1 Å². The van der Waals surface area contributed by atoms with Crippen LogP contribution in [0.25, 0.3) is 0 Å². The molecule has 5 atom stereocenters. The molecule has 0 radical (unpaired) electrons. The molecule has 0 bridgehead atoms. The summed E-state index contributed by atoms with van der Waals surface area (Å²) in [6, 6.07) is 0. The summed E-state index contributed by atoms with van der Waals surface area (Å²) in [7, 11) is -1.98. The number of ether oxygens (including phenoxy) is 1. The highest BCUT2D eigenvalue weighted by Crippen LogP contribution is 2.57. The molecule has 0 amide bonds. The predicted octanol–water partition coefficient (Wildman–Crippen LogP) is 5.34. The minimum atomic E-state index is -1.98. The summed E-state index contributed by atoms with van der Waals surface area (Å²) >= 11 is 0. The van der Waals surface area contributed by atoms with E-state index in [1.165, 1.54) is 0 Å². The third-order valence-corrected chi connectivity index (χ3v) is 13.4. The molecule has 0 saturated heterocycles. The molecule has 32 heavy (non-hydrogen) atoms. The monoisotopic (exact) mass is 462 g/mol. The number of carbonyl (C=O) groups excluding carboxylic acids is 2. The molecule has 6 heteroatoms. The Balaban J connectivity index is 2.03. The van der Waals surface area contributed by atoms with Crippen LogP contribution >= 0.6 is 0 Å². The molecule has 1 fully saturated rings. The van der Waals surface area contributed by atoms with Crippen molar-refractivity contribution in [3.8, 4) is 0 Å². The summed E-state index contributed by atoms with van der Waals surface area (Å²) in [5, 5.41) is 11.1. The third kappa shape index (κ3) is 3.76. The molecule has 0 aliphatic heterocycles. The first-order valence-electron chi connectivity index (χ1n) is 12.3. The SMILES string of the molecule is CCOC(=O)[C@@]1(CC)C2=C(C=C[C@@H]1O)CC[C@@H]1[C@@H](O[Si](C)(C)C(C)(C)C)CC[C@]1(C)C2=O. The van der Waals surface area contributed by atoms with Gasteiger partial charge in [-0.15, -0.1) is 0 Å². The second-order valence-electron chi connectivity index (χ2n) is 11.6. The predicted molar refractivity (Wildman–Crippen MR) is 129 cm³/mol. The van der Waals surface area contributed by atoms with Crippen LogP contribution in [-0.2, 0) is 18.8 Å². The van der Waals surface area contributed by atoms with E-state index in [4.69, 9.17) is 9.16 Å². The molecule has 0 aromatic carbocycles. The van der Waals surface area contributed by atoms with Gasteiger partial charge in [0.1, 0.15) is 5.41 Å². The van der Waals surface area contributed by atoms with Crippen molar-refractivity contribution in [1.29, 1.82) is 0 Å². The van der Waals surface area contributed by atoms with Gasteiger partial charge in [-0.05, 0) is 68.7 Å². The number of carbonyl (C=O) groups is 2. The fourth-order valence-electron chi connectivity index (χ4n) is 5.78. The maximum atomic E-state index is 14.3. The zero-order valence-corrected chi connectivity index (χ0v) is 22.2. The lowest BCUT2D eigenvalue weighted by atomic mass is 9.63. The topological polar surface area (TPSA) is 72.8 Å². The molecular weight excluding hydrogens is 420 g/mol. The average molecular weight is 463 g/mol. The largest absolute Gasteiger partial charge is 0.465 e. The number of aliphatic hydroxyl groups is 1. The standard InChI is InChI=1S/C26H42O5Si/c1-9-26(23(29)30-10-2)20(27)14-12-17-11-13-18-19(31-32(7,8)24(3,4)5)15-16-25(18,6)22(28)21(17)26/h12,14,18-20,27H,9-11,13,15-16H2,1-8H3/t18-,19+,20+,25+,26-/m1/s1. The maximum absolute atomic E-state index is 14.3. The summed E-state index contributed by atoms with van der Waals surface area (Å²) in [6.45, 7) is 17.2. The number of fused-ring (bicyclic) bond motifs is 1. The Morgan fingerprint density at radius 1 is 1.25 bits per heavy atom. The lowest BCUT2D eigenvalue weighted by Crippen LogP contribution is -2.51. The van der Waals surface area contributed by atoms with Gasteiger partial charge >= 0.3 is 5.97 Å². The highest BCUT2D eigenvalue weighted by atomic mass is 28.4. The normalized spacial score (nSPS) is 35.4. The van der Waals surface area contributed by atoms with Gasteiger partial charge in [0.25, 0.3) is 0 Å². The Morgan fingerprint density at radius 2 is 1.91 bits per heavy atom. The molecule has 0 heterocycles. The van der Waals surface area contributed by atoms with E-state index in [9.17, 15) is 14.7 Å². The number of allylic oxidation sites excluding steroid dienone is 2. The van der Waals surface area contributed by atoms with Crippen LogP contribution in [0, 0.1) is 16.7 Å². The minimum Gasteiger partial charge on any atom is -0.465 e. The zero-order valence-electron chi connectivity index (χ0n) is 21.2. The van der Waals surface area contributed by atoms with Crippen molar-refractivity contribution in [3.63, 3.8) is 0 Å². The van der Waals surface area contributed by atoms with Crippen molar-refractivity contribution in [2.75, 3.05) is 6.61 Å². The Hall–Kier alpha value is -1.24. The molecule has 1 saturated carbocycles. The van der Waals surface area contributed by atoms with Gasteiger partial charge in [-0.2, -0.15) is 0 Å². The van der Waals surface area contributed by atoms with Gasteiger partial charge in [0, 0.05) is 17.1 Å². The van der Waals surface area contributed by atoms with Gasteiger partial charge in [0.05, 0.1) is 12.7 Å². The molecule has 3 aliphatic carbocycles. The molecule has 0 aromatic heterocycles. The Morgan fingerprint density at radius 3 is 2.47 bits per heavy atom. The number of rotatable bonds is 5. The molecule has 0 aromatic rings. The average Bonchev–Trinajstić information content (AvgIpc) is 2.95. The van der Waals surface area contributed by atoms with Gasteiger partial charge < -0.3 is 14.3 Å². The van der Waals surface area contributed by atoms with Crippen molar-refractivity contribution in [2.45, 2.75) is 104 Å². The van der Waals surface area contributed by atoms with E-state index in [2.05, 4.69) is 40.8 Å². The summed E-state index contributed by atoms with van der Waals surface area (Å²) in [4.78, 5) is 27.5. The summed E-state index contributed by atoms with van der Waals surface area (Å²) < 4.78 is 12.3. The molecule has 0 spiro atoms. The highest BCUT2D eigenvalue weighted by Gasteiger charge is 2.60. The van der Waals surface area contributed by atoms with Crippen LogP contribution in [0.4, 0.5) is 0 Å². The smallest absolute Gasteiger partial charge is 0.319 e. The summed E-state index contributed by atoms with van der Waals surface area (Å²) in [5.41, 5.74) is -0.543. The van der Waals surface area contributed by atoms with Crippen LogP contribution in [0.2, 0.25) is 18.1 Å². The van der Waals surface area contributed by atoms with E-state index >= 15 is 0 Å². The van der Waals surface area contributed by atoms with Crippen molar-refractivity contribution < 1.29 is 23.9 Å². The molecule has 0 unspecified atom stereocenters. The number of ketones is 1. The molecule has 180 valence electrons. The van der Waals surface area contributed by atoms with Crippen molar-refractivity contribution in [3.05, 3.63) is 23.3 Å². The Kier molecular flexibility index (Phi) is 6.75.